The average molecular weight is 382 g/mol. The Labute approximate surface area is 165 Å². The Bertz CT molecular complexity index is 840. The number of hydrogen-bond donors (Lipinski definition) is 0. The lowest BCUT2D eigenvalue weighted by Crippen LogP contribution is -2.49. The van der Waals surface area contributed by atoms with E-state index in [1.165, 1.54) is 0 Å². The summed E-state index contributed by atoms with van der Waals surface area (Å²) in [4.78, 5) is 29.1. The molecule has 0 saturated carbocycles. The van der Waals surface area contributed by atoms with Crippen LogP contribution in [0.4, 0.5) is 0 Å². The molecular weight excluding hydrogens is 356 g/mol. The highest BCUT2D eigenvalue weighted by Gasteiger charge is 2.24. The van der Waals surface area contributed by atoms with E-state index in [1.54, 1.807) is 32.4 Å². The summed E-state index contributed by atoms with van der Waals surface area (Å²) < 4.78 is 10.5. The molecule has 3 rings (SSSR count). The third-order valence-electron chi connectivity index (χ3n) is 5.03. The summed E-state index contributed by atoms with van der Waals surface area (Å²) in [6.07, 6.45) is 0. The zero-order chi connectivity index (χ0) is 20.1. The van der Waals surface area contributed by atoms with Crippen molar-refractivity contribution < 1.29 is 19.1 Å². The van der Waals surface area contributed by atoms with Crippen LogP contribution in [-0.4, -0.2) is 68.4 Å². The van der Waals surface area contributed by atoms with Gasteiger partial charge in [0.25, 0.3) is 5.91 Å². The minimum Gasteiger partial charge on any atom is -0.493 e. The summed E-state index contributed by atoms with van der Waals surface area (Å²) in [6.45, 7) is 4.92. The van der Waals surface area contributed by atoms with Gasteiger partial charge in [-0.3, -0.25) is 14.5 Å². The van der Waals surface area contributed by atoms with E-state index < -0.39 is 0 Å². The lowest BCUT2D eigenvalue weighted by Gasteiger charge is -2.34. The Morgan fingerprint density at radius 3 is 2.07 bits per heavy atom. The zero-order valence-corrected chi connectivity index (χ0v) is 16.6. The van der Waals surface area contributed by atoms with Crippen molar-refractivity contribution in [2.75, 3.05) is 46.9 Å². The first-order valence-corrected chi connectivity index (χ1v) is 9.35. The molecule has 0 spiro atoms. The standard InChI is InChI=1S/C22H26N2O4/c1-16-4-6-17(7-5-16)19(25)15-23-10-12-24(13-11-23)22(26)18-8-9-20(27-2)21(14-18)28-3/h4-9,14H,10-13,15H2,1-3H3. The molecule has 0 aromatic heterocycles. The van der Waals surface area contributed by atoms with Gasteiger partial charge in [0, 0.05) is 37.3 Å². The smallest absolute Gasteiger partial charge is 0.254 e. The fraction of sp³-hybridized carbons (Fsp3) is 0.364. The minimum atomic E-state index is -0.0366. The Morgan fingerprint density at radius 2 is 1.46 bits per heavy atom. The molecule has 1 heterocycles. The normalized spacial score (nSPS) is 14.6. The predicted molar refractivity (Wildman–Crippen MR) is 107 cm³/mol. The second kappa shape index (κ2) is 8.89. The molecule has 0 atom stereocenters. The van der Waals surface area contributed by atoms with Crippen molar-refractivity contribution >= 4 is 11.7 Å². The van der Waals surface area contributed by atoms with E-state index in [9.17, 15) is 9.59 Å². The molecule has 2 aromatic rings. The van der Waals surface area contributed by atoms with Crippen LogP contribution in [0.2, 0.25) is 0 Å². The van der Waals surface area contributed by atoms with Gasteiger partial charge in [-0.1, -0.05) is 29.8 Å². The van der Waals surface area contributed by atoms with Crippen molar-refractivity contribution in [3.63, 3.8) is 0 Å². The van der Waals surface area contributed by atoms with Gasteiger partial charge >= 0.3 is 0 Å². The van der Waals surface area contributed by atoms with E-state index in [0.717, 1.165) is 11.1 Å². The van der Waals surface area contributed by atoms with E-state index in [1.807, 2.05) is 36.1 Å². The van der Waals surface area contributed by atoms with E-state index in [4.69, 9.17) is 9.47 Å². The first kappa shape index (κ1) is 19.9. The van der Waals surface area contributed by atoms with Crippen molar-refractivity contribution in [2.24, 2.45) is 0 Å². The molecule has 0 unspecified atom stereocenters. The molecule has 1 aliphatic rings. The topological polar surface area (TPSA) is 59.1 Å². The molecule has 1 saturated heterocycles. The molecule has 148 valence electrons. The van der Waals surface area contributed by atoms with Crippen LogP contribution in [0.1, 0.15) is 26.3 Å². The minimum absolute atomic E-state index is 0.0366. The van der Waals surface area contributed by atoms with E-state index in [-0.39, 0.29) is 11.7 Å². The molecule has 6 nitrogen and oxygen atoms in total. The van der Waals surface area contributed by atoms with Crippen molar-refractivity contribution in [1.82, 2.24) is 9.80 Å². The largest absolute Gasteiger partial charge is 0.493 e. The second-order valence-electron chi connectivity index (χ2n) is 6.93. The average Bonchev–Trinajstić information content (AvgIpc) is 2.73. The first-order valence-electron chi connectivity index (χ1n) is 9.35. The van der Waals surface area contributed by atoms with Gasteiger partial charge in [-0.05, 0) is 25.1 Å². The van der Waals surface area contributed by atoms with Crippen molar-refractivity contribution in [3.8, 4) is 11.5 Å². The number of hydrogen-bond acceptors (Lipinski definition) is 5. The Kier molecular flexibility index (Phi) is 6.31. The van der Waals surface area contributed by atoms with E-state index >= 15 is 0 Å². The number of piperazine rings is 1. The Hall–Kier alpha value is -2.86. The SMILES string of the molecule is COc1ccc(C(=O)N2CCN(CC(=O)c3ccc(C)cc3)CC2)cc1OC. The molecule has 0 radical (unpaired) electrons. The number of aryl methyl sites for hydroxylation is 1. The molecule has 1 fully saturated rings. The molecule has 1 aliphatic heterocycles. The molecule has 6 heteroatoms. The third-order valence-corrected chi connectivity index (χ3v) is 5.03. The number of carbonyl (C=O) groups is 2. The number of benzene rings is 2. The maximum atomic E-state index is 12.8. The fourth-order valence-electron chi connectivity index (χ4n) is 3.29. The quantitative estimate of drug-likeness (QED) is 0.719. The van der Waals surface area contributed by atoms with Crippen LogP contribution < -0.4 is 9.47 Å². The number of methoxy groups -OCH3 is 2. The van der Waals surface area contributed by atoms with Gasteiger partial charge in [0.2, 0.25) is 0 Å². The molecule has 2 aromatic carbocycles. The fourth-order valence-corrected chi connectivity index (χ4v) is 3.29. The van der Waals surface area contributed by atoms with Crippen molar-refractivity contribution in [2.45, 2.75) is 6.92 Å². The van der Waals surface area contributed by atoms with Crippen LogP contribution >= 0.6 is 0 Å². The molecular formula is C22H26N2O4. The summed E-state index contributed by atoms with van der Waals surface area (Å²) in [7, 11) is 3.12. The number of Topliss-reactive ketones (excluding diaryl/α,β-unsaturated/α-hetero) is 1. The summed E-state index contributed by atoms with van der Waals surface area (Å²) >= 11 is 0. The Balaban J connectivity index is 1.57. The van der Waals surface area contributed by atoms with Gasteiger partial charge in [-0.2, -0.15) is 0 Å². The molecule has 28 heavy (non-hydrogen) atoms. The van der Waals surface area contributed by atoms with Crippen molar-refractivity contribution in [3.05, 3.63) is 59.2 Å². The van der Waals surface area contributed by atoms with Gasteiger partial charge in [-0.25, -0.2) is 0 Å². The number of rotatable bonds is 6. The van der Waals surface area contributed by atoms with Crippen LogP contribution in [-0.2, 0) is 0 Å². The third kappa shape index (κ3) is 4.51. The number of nitrogens with zero attached hydrogens (tertiary/aromatic N) is 2. The first-order chi connectivity index (χ1) is 13.5. The van der Waals surface area contributed by atoms with E-state index in [0.29, 0.717) is 49.8 Å². The van der Waals surface area contributed by atoms with Crippen LogP contribution in [0.5, 0.6) is 11.5 Å². The highest BCUT2D eigenvalue weighted by Crippen LogP contribution is 2.28. The van der Waals surface area contributed by atoms with Gasteiger partial charge in [0.15, 0.2) is 17.3 Å². The molecule has 1 amide bonds. The van der Waals surface area contributed by atoms with Gasteiger partial charge in [0.1, 0.15) is 0 Å². The number of ether oxygens (including phenoxy) is 2. The van der Waals surface area contributed by atoms with Gasteiger partial charge in [-0.15, -0.1) is 0 Å². The summed E-state index contributed by atoms with van der Waals surface area (Å²) in [5, 5.41) is 0. The maximum absolute atomic E-state index is 12.8. The van der Waals surface area contributed by atoms with Crippen LogP contribution in [0.25, 0.3) is 0 Å². The Morgan fingerprint density at radius 1 is 0.857 bits per heavy atom. The zero-order valence-electron chi connectivity index (χ0n) is 16.6. The maximum Gasteiger partial charge on any atom is 0.254 e. The van der Waals surface area contributed by atoms with Crippen LogP contribution in [0.3, 0.4) is 0 Å². The predicted octanol–water partition coefficient (Wildman–Crippen LogP) is 2.65. The summed E-state index contributed by atoms with van der Waals surface area (Å²) in [5.41, 5.74) is 2.44. The molecule has 0 bridgehead atoms. The van der Waals surface area contributed by atoms with Gasteiger partial charge in [0.05, 0.1) is 20.8 Å². The molecule has 0 N–H and O–H groups in total. The number of amides is 1. The number of carbonyl (C=O) groups excluding carboxylic acids is 2. The lowest BCUT2D eigenvalue weighted by atomic mass is 10.1. The second-order valence-corrected chi connectivity index (χ2v) is 6.93. The van der Waals surface area contributed by atoms with Gasteiger partial charge < -0.3 is 14.4 Å². The monoisotopic (exact) mass is 382 g/mol. The van der Waals surface area contributed by atoms with Crippen molar-refractivity contribution in [1.29, 1.82) is 0 Å². The molecule has 0 aliphatic carbocycles. The van der Waals surface area contributed by atoms with Crippen LogP contribution in [0, 0.1) is 6.92 Å². The highest BCUT2D eigenvalue weighted by atomic mass is 16.5. The van der Waals surface area contributed by atoms with E-state index in [2.05, 4.69) is 4.90 Å². The van der Waals surface area contributed by atoms with Crippen LogP contribution in [0.15, 0.2) is 42.5 Å². The number of ketones is 1. The lowest BCUT2D eigenvalue weighted by molar-refractivity contribution is 0.0624. The summed E-state index contributed by atoms with van der Waals surface area (Å²) in [5.74, 6) is 1.21. The summed E-state index contributed by atoms with van der Waals surface area (Å²) in [6, 6.07) is 12.8. The highest BCUT2D eigenvalue weighted by molar-refractivity contribution is 5.97.